The molecule has 1 fully saturated rings. The summed E-state index contributed by atoms with van der Waals surface area (Å²) >= 11 is 0. The van der Waals surface area contributed by atoms with Crippen LogP contribution in [0.5, 0.6) is 0 Å². The zero-order valence-electron chi connectivity index (χ0n) is 11.4. The molecule has 0 radical (unpaired) electrons. The summed E-state index contributed by atoms with van der Waals surface area (Å²) in [5, 5.41) is 3.44. The van der Waals surface area contributed by atoms with E-state index in [1.165, 1.54) is 44.6 Å². The SMILES string of the molecule is CCN(CCCC1CCNC1)Cc1ccccn1. The molecule has 2 rings (SSSR count). The number of pyridine rings is 1. The largest absolute Gasteiger partial charge is 0.316 e. The van der Waals surface area contributed by atoms with E-state index in [2.05, 4.69) is 34.3 Å². The molecule has 0 amide bonds. The van der Waals surface area contributed by atoms with E-state index < -0.39 is 0 Å². The number of hydrogen-bond donors (Lipinski definition) is 1. The molecule has 18 heavy (non-hydrogen) atoms. The molecule has 100 valence electrons. The topological polar surface area (TPSA) is 28.2 Å². The predicted octanol–water partition coefficient (Wildman–Crippen LogP) is 2.29. The van der Waals surface area contributed by atoms with Gasteiger partial charge in [0.15, 0.2) is 0 Å². The van der Waals surface area contributed by atoms with Gasteiger partial charge >= 0.3 is 0 Å². The lowest BCUT2D eigenvalue weighted by molar-refractivity contribution is 0.264. The standard InChI is InChI=1S/C15H25N3/c1-2-18(13-15-7-3-4-9-17-15)11-5-6-14-8-10-16-12-14/h3-4,7,9,14,16H,2,5-6,8,10-13H2,1H3. The Morgan fingerprint density at radius 2 is 2.39 bits per heavy atom. The maximum atomic E-state index is 4.40. The van der Waals surface area contributed by atoms with Gasteiger partial charge in [0.1, 0.15) is 0 Å². The van der Waals surface area contributed by atoms with Crippen LogP contribution in [0.2, 0.25) is 0 Å². The Morgan fingerprint density at radius 3 is 3.06 bits per heavy atom. The minimum Gasteiger partial charge on any atom is -0.316 e. The molecular weight excluding hydrogens is 222 g/mol. The van der Waals surface area contributed by atoms with E-state index in [1.54, 1.807) is 0 Å². The van der Waals surface area contributed by atoms with Crippen LogP contribution in [-0.2, 0) is 6.54 Å². The first-order valence-corrected chi connectivity index (χ1v) is 7.21. The maximum absolute atomic E-state index is 4.40. The van der Waals surface area contributed by atoms with Crippen molar-refractivity contribution in [3.63, 3.8) is 0 Å². The van der Waals surface area contributed by atoms with E-state index in [9.17, 15) is 0 Å². The number of hydrogen-bond acceptors (Lipinski definition) is 3. The summed E-state index contributed by atoms with van der Waals surface area (Å²) < 4.78 is 0. The summed E-state index contributed by atoms with van der Waals surface area (Å²) in [7, 11) is 0. The fraction of sp³-hybridized carbons (Fsp3) is 0.667. The minimum atomic E-state index is 0.915. The van der Waals surface area contributed by atoms with Crippen molar-refractivity contribution in [1.82, 2.24) is 15.2 Å². The van der Waals surface area contributed by atoms with E-state index in [0.717, 1.165) is 19.0 Å². The molecule has 1 unspecified atom stereocenters. The molecular formula is C15H25N3. The third-order valence-corrected chi connectivity index (χ3v) is 3.81. The number of nitrogens with one attached hydrogen (secondary N) is 1. The molecule has 1 aromatic rings. The van der Waals surface area contributed by atoms with Gasteiger partial charge in [-0.2, -0.15) is 0 Å². The Kier molecular flexibility index (Phi) is 5.62. The smallest absolute Gasteiger partial charge is 0.0543 e. The van der Waals surface area contributed by atoms with Gasteiger partial charge in [-0.15, -0.1) is 0 Å². The van der Waals surface area contributed by atoms with Gasteiger partial charge in [0, 0.05) is 12.7 Å². The van der Waals surface area contributed by atoms with Crippen LogP contribution in [0.1, 0.15) is 31.9 Å². The lowest BCUT2D eigenvalue weighted by Gasteiger charge is -2.20. The van der Waals surface area contributed by atoms with Crippen LogP contribution in [0.4, 0.5) is 0 Å². The first kappa shape index (κ1) is 13.5. The maximum Gasteiger partial charge on any atom is 0.0543 e. The lowest BCUT2D eigenvalue weighted by atomic mass is 10.0. The van der Waals surface area contributed by atoms with Gasteiger partial charge in [0.25, 0.3) is 0 Å². The molecule has 2 heterocycles. The average Bonchev–Trinajstić information content (AvgIpc) is 2.92. The second-order valence-electron chi connectivity index (χ2n) is 5.19. The van der Waals surface area contributed by atoms with Crippen LogP contribution in [0.25, 0.3) is 0 Å². The average molecular weight is 247 g/mol. The minimum absolute atomic E-state index is 0.915. The van der Waals surface area contributed by atoms with Crippen molar-refractivity contribution in [3.8, 4) is 0 Å². The molecule has 0 saturated carbocycles. The van der Waals surface area contributed by atoms with Gasteiger partial charge in [-0.05, 0) is 63.5 Å². The fourth-order valence-electron chi connectivity index (χ4n) is 2.63. The molecule has 1 N–H and O–H groups in total. The van der Waals surface area contributed by atoms with Gasteiger partial charge in [0.2, 0.25) is 0 Å². The van der Waals surface area contributed by atoms with Crippen LogP contribution < -0.4 is 5.32 Å². The molecule has 0 bridgehead atoms. The quantitative estimate of drug-likeness (QED) is 0.801. The van der Waals surface area contributed by atoms with Crippen molar-refractivity contribution < 1.29 is 0 Å². The summed E-state index contributed by atoms with van der Waals surface area (Å²) in [6, 6.07) is 6.16. The van der Waals surface area contributed by atoms with Crippen molar-refractivity contribution in [2.45, 2.75) is 32.7 Å². The molecule has 0 aromatic carbocycles. The molecule has 1 saturated heterocycles. The highest BCUT2D eigenvalue weighted by atomic mass is 15.1. The van der Waals surface area contributed by atoms with Crippen molar-refractivity contribution in [2.24, 2.45) is 5.92 Å². The van der Waals surface area contributed by atoms with Crippen LogP contribution >= 0.6 is 0 Å². The van der Waals surface area contributed by atoms with Crippen molar-refractivity contribution in [2.75, 3.05) is 26.2 Å². The zero-order valence-corrected chi connectivity index (χ0v) is 11.4. The predicted molar refractivity (Wildman–Crippen MR) is 75.4 cm³/mol. The van der Waals surface area contributed by atoms with Crippen molar-refractivity contribution in [1.29, 1.82) is 0 Å². The Bertz CT molecular complexity index is 320. The van der Waals surface area contributed by atoms with E-state index in [4.69, 9.17) is 0 Å². The molecule has 0 aliphatic carbocycles. The van der Waals surface area contributed by atoms with E-state index in [-0.39, 0.29) is 0 Å². The summed E-state index contributed by atoms with van der Waals surface area (Å²) in [5.74, 6) is 0.915. The zero-order chi connectivity index (χ0) is 12.6. The molecule has 1 atom stereocenters. The highest BCUT2D eigenvalue weighted by Crippen LogP contribution is 2.15. The molecule has 1 aliphatic rings. The number of rotatable bonds is 7. The Balaban J connectivity index is 1.68. The van der Waals surface area contributed by atoms with Crippen LogP contribution in [0.3, 0.4) is 0 Å². The molecule has 1 aromatic heterocycles. The summed E-state index contributed by atoms with van der Waals surface area (Å²) in [6.45, 7) is 7.98. The van der Waals surface area contributed by atoms with Gasteiger partial charge in [0.05, 0.1) is 5.69 Å². The molecule has 0 spiro atoms. The summed E-state index contributed by atoms with van der Waals surface area (Å²) in [6.07, 6.45) is 5.93. The normalized spacial score (nSPS) is 19.6. The van der Waals surface area contributed by atoms with Gasteiger partial charge in [-0.3, -0.25) is 9.88 Å². The third-order valence-electron chi connectivity index (χ3n) is 3.81. The van der Waals surface area contributed by atoms with E-state index in [0.29, 0.717) is 0 Å². The van der Waals surface area contributed by atoms with Gasteiger partial charge < -0.3 is 5.32 Å². The van der Waals surface area contributed by atoms with Gasteiger partial charge in [-0.25, -0.2) is 0 Å². The monoisotopic (exact) mass is 247 g/mol. The highest BCUT2D eigenvalue weighted by molar-refractivity contribution is 5.03. The summed E-state index contributed by atoms with van der Waals surface area (Å²) in [4.78, 5) is 6.89. The second-order valence-corrected chi connectivity index (χ2v) is 5.19. The third kappa shape index (κ3) is 4.39. The molecule has 3 heteroatoms. The lowest BCUT2D eigenvalue weighted by Crippen LogP contribution is -2.25. The van der Waals surface area contributed by atoms with Crippen LogP contribution in [0.15, 0.2) is 24.4 Å². The van der Waals surface area contributed by atoms with Crippen LogP contribution in [0, 0.1) is 5.92 Å². The second kappa shape index (κ2) is 7.49. The van der Waals surface area contributed by atoms with Crippen molar-refractivity contribution in [3.05, 3.63) is 30.1 Å². The highest BCUT2D eigenvalue weighted by Gasteiger charge is 2.14. The molecule has 3 nitrogen and oxygen atoms in total. The Morgan fingerprint density at radius 1 is 1.44 bits per heavy atom. The summed E-state index contributed by atoms with van der Waals surface area (Å²) in [5.41, 5.74) is 1.18. The van der Waals surface area contributed by atoms with E-state index in [1.807, 2.05) is 12.3 Å². The fourth-order valence-corrected chi connectivity index (χ4v) is 2.63. The first-order chi connectivity index (χ1) is 8.88. The Hall–Kier alpha value is -0.930. The first-order valence-electron chi connectivity index (χ1n) is 7.21. The number of nitrogens with zero attached hydrogens (tertiary/aromatic N) is 2. The molecule has 1 aliphatic heterocycles. The van der Waals surface area contributed by atoms with Crippen LogP contribution in [-0.4, -0.2) is 36.1 Å². The Labute approximate surface area is 111 Å². The number of aromatic nitrogens is 1. The van der Waals surface area contributed by atoms with E-state index >= 15 is 0 Å². The van der Waals surface area contributed by atoms with Crippen molar-refractivity contribution >= 4 is 0 Å². The van der Waals surface area contributed by atoms with Gasteiger partial charge in [-0.1, -0.05) is 13.0 Å².